The SMILES string of the molecule is CNC(CN(CCC(C)C)C1CC1)c1ccccc1F. The number of likely N-dealkylation sites (N-methyl/N-ethyl adjacent to an activating group) is 1. The smallest absolute Gasteiger partial charge is 0.128 e. The van der Waals surface area contributed by atoms with Gasteiger partial charge in [0.05, 0.1) is 0 Å². The first-order valence-corrected chi connectivity index (χ1v) is 7.77. The molecular weight excluding hydrogens is 251 g/mol. The van der Waals surface area contributed by atoms with E-state index in [1.54, 1.807) is 12.1 Å². The van der Waals surface area contributed by atoms with E-state index in [-0.39, 0.29) is 11.9 Å². The van der Waals surface area contributed by atoms with Crippen LogP contribution in [0.1, 0.15) is 44.7 Å². The van der Waals surface area contributed by atoms with E-state index >= 15 is 0 Å². The van der Waals surface area contributed by atoms with Crippen molar-refractivity contribution in [2.45, 2.75) is 45.2 Å². The zero-order valence-corrected chi connectivity index (χ0v) is 12.9. The largest absolute Gasteiger partial charge is 0.312 e. The minimum Gasteiger partial charge on any atom is -0.312 e. The molecule has 1 aromatic rings. The normalized spacial score (nSPS) is 16.9. The molecule has 0 heterocycles. The third-order valence-electron chi connectivity index (χ3n) is 4.10. The maximum absolute atomic E-state index is 13.9. The lowest BCUT2D eigenvalue weighted by Gasteiger charge is -2.28. The highest BCUT2D eigenvalue weighted by atomic mass is 19.1. The van der Waals surface area contributed by atoms with Crippen molar-refractivity contribution in [2.75, 3.05) is 20.1 Å². The molecule has 0 spiro atoms. The van der Waals surface area contributed by atoms with Crippen LogP contribution in [0.5, 0.6) is 0 Å². The van der Waals surface area contributed by atoms with Gasteiger partial charge in [-0.3, -0.25) is 4.90 Å². The predicted molar refractivity (Wildman–Crippen MR) is 82.3 cm³/mol. The fourth-order valence-electron chi connectivity index (χ4n) is 2.62. The topological polar surface area (TPSA) is 15.3 Å². The summed E-state index contributed by atoms with van der Waals surface area (Å²) in [5.74, 6) is 0.615. The second-order valence-corrected chi connectivity index (χ2v) is 6.27. The zero-order chi connectivity index (χ0) is 14.5. The molecule has 0 aliphatic heterocycles. The van der Waals surface area contributed by atoms with Crippen molar-refractivity contribution < 1.29 is 4.39 Å². The number of hydrogen-bond donors (Lipinski definition) is 1. The average molecular weight is 278 g/mol. The Morgan fingerprint density at radius 1 is 1.30 bits per heavy atom. The van der Waals surface area contributed by atoms with Crippen molar-refractivity contribution in [1.82, 2.24) is 10.2 Å². The van der Waals surface area contributed by atoms with E-state index in [0.717, 1.165) is 30.6 Å². The molecule has 1 N–H and O–H groups in total. The molecule has 0 aromatic heterocycles. The quantitative estimate of drug-likeness (QED) is 0.781. The van der Waals surface area contributed by atoms with Crippen LogP contribution in [0.4, 0.5) is 4.39 Å². The Labute approximate surface area is 122 Å². The molecule has 2 nitrogen and oxygen atoms in total. The number of hydrogen-bond acceptors (Lipinski definition) is 2. The van der Waals surface area contributed by atoms with Crippen LogP contribution in [-0.2, 0) is 0 Å². The first kappa shape index (κ1) is 15.5. The third-order valence-corrected chi connectivity index (χ3v) is 4.10. The monoisotopic (exact) mass is 278 g/mol. The standard InChI is InChI=1S/C17H27FN2/c1-13(2)10-11-20(14-8-9-14)12-17(19-3)15-6-4-5-7-16(15)18/h4-7,13-14,17,19H,8-12H2,1-3H3. The van der Waals surface area contributed by atoms with Gasteiger partial charge in [0.25, 0.3) is 0 Å². The van der Waals surface area contributed by atoms with E-state index in [1.165, 1.54) is 19.3 Å². The summed E-state index contributed by atoms with van der Waals surface area (Å²) >= 11 is 0. The van der Waals surface area contributed by atoms with Gasteiger partial charge in [0.2, 0.25) is 0 Å². The molecule has 112 valence electrons. The summed E-state index contributed by atoms with van der Waals surface area (Å²) < 4.78 is 13.9. The summed E-state index contributed by atoms with van der Waals surface area (Å²) in [5.41, 5.74) is 0.783. The lowest BCUT2D eigenvalue weighted by molar-refractivity contribution is 0.222. The molecule has 1 atom stereocenters. The number of nitrogens with one attached hydrogen (secondary N) is 1. The summed E-state index contributed by atoms with van der Waals surface area (Å²) in [6.07, 6.45) is 3.81. The van der Waals surface area contributed by atoms with Crippen LogP contribution in [0.15, 0.2) is 24.3 Å². The van der Waals surface area contributed by atoms with Crippen LogP contribution in [0.3, 0.4) is 0 Å². The maximum atomic E-state index is 13.9. The molecule has 1 unspecified atom stereocenters. The molecule has 3 heteroatoms. The first-order valence-electron chi connectivity index (χ1n) is 7.77. The van der Waals surface area contributed by atoms with Gasteiger partial charge in [-0.15, -0.1) is 0 Å². The fourth-order valence-corrected chi connectivity index (χ4v) is 2.62. The molecule has 2 rings (SSSR count). The number of halogens is 1. The summed E-state index contributed by atoms with van der Waals surface area (Å²) in [6.45, 7) is 6.54. The molecule has 0 saturated heterocycles. The van der Waals surface area contributed by atoms with Crippen molar-refractivity contribution in [3.05, 3.63) is 35.6 Å². The van der Waals surface area contributed by atoms with Gasteiger partial charge in [0.1, 0.15) is 5.82 Å². The van der Waals surface area contributed by atoms with Gasteiger partial charge < -0.3 is 5.32 Å². The summed E-state index contributed by atoms with van der Waals surface area (Å²) in [6, 6.07) is 7.90. The van der Waals surface area contributed by atoms with Gasteiger partial charge in [-0.2, -0.15) is 0 Å². The summed E-state index contributed by atoms with van der Waals surface area (Å²) in [4.78, 5) is 2.54. The van der Waals surface area contributed by atoms with Crippen molar-refractivity contribution in [3.8, 4) is 0 Å². The first-order chi connectivity index (χ1) is 9.61. The lowest BCUT2D eigenvalue weighted by Crippen LogP contribution is -2.36. The second kappa shape index (κ2) is 7.19. The van der Waals surface area contributed by atoms with E-state index in [9.17, 15) is 4.39 Å². The van der Waals surface area contributed by atoms with Crippen molar-refractivity contribution in [3.63, 3.8) is 0 Å². The molecular formula is C17H27FN2. The van der Waals surface area contributed by atoms with Crippen LogP contribution in [0, 0.1) is 11.7 Å². The Bertz CT molecular complexity index is 415. The molecule has 1 fully saturated rings. The van der Waals surface area contributed by atoms with E-state index in [0.29, 0.717) is 0 Å². The summed E-state index contributed by atoms with van der Waals surface area (Å²) in [7, 11) is 1.92. The van der Waals surface area contributed by atoms with Crippen molar-refractivity contribution in [2.24, 2.45) is 5.92 Å². The Morgan fingerprint density at radius 2 is 2.00 bits per heavy atom. The predicted octanol–water partition coefficient (Wildman–Crippen LogP) is 3.60. The second-order valence-electron chi connectivity index (χ2n) is 6.27. The number of benzene rings is 1. The zero-order valence-electron chi connectivity index (χ0n) is 12.9. The molecule has 20 heavy (non-hydrogen) atoms. The molecule has 0 amide bonds. The summed E-state index contributed by atoms with van der Waals surface area (Å²) in [5, 5.41) is 3.28. The van der Waals surface area contributed by atoms with Gasteiger partial charge in [-0.1, -0.05) is 32.0 Å². The van der Waals surface area contributed by atoms with Gasteiger partial charge >= 0.3 is 0 Å². The van der Waals surface area contributed by atoms with Crippen molar-refractivity contribution in [1.29, 1.82) is 0 Å². The maximum Gasteiger partial charge on any atom is 0.128 e. The van der Waals surface area contributed by atoms with Gasteiger partial charge in [-0.05, 0) is 44.8 Å². The fraction of sp³-hybridized carbons (Fsp3) is 0.647. The van der Waals surface area contributed by atoms with Gasteiger partial charge in [0.15, 0.2) is 0 Å². The van der Waals surface area contributed by atoms with Crippen LogP contribution in [-0.4, -0.2) is 31.1 Å². The molecule has 1 saturated carbocycles. The van der Waals surface area contributed by atoms with Crippen LogP contribution in [0.25, 0.3) is 0 Å². The molecule has 1 aliphatic rings. The molecule has 0 bridgehead atoms. The highest BCUT2D eigenvalue weighted by Gasteiger charge is 2.30. The van der Waals surface area contributed by atoms with E-state index in [1.807, 2.05) is 19.2 Å². The minimum absolute atomic E-state index is 0.0731. The van der Waals surface area contributed by atoms with Crippen LogP contribution >= 0.6 is 0 Å². The van der Waals surface area contributed by atoms with Crippen LogP contribution < -0.4 is 5.32 Å². The Kier molecular flexibility index (Phi) is 5.55. The van der Waals surface area contributed by atoms with E-state index in [2.05, 4.69) is 24.1 Å². The highest BCUT2D eigenvalue weighted by Crippen LogP contribution is 2.29. The van der Waals surface area contributed by atoms with Gasteiger partial charge in [0, 0.05) is 24.2 Å². The Balaban J connectivity index is 2.01. The average Bonchev–Trinajstić information content (AvgIpc) is 3.24. The van der Waals surface area contributed by atoms with Crippen LogP contribution in [0.2, 0.25) is 0 Å². The lowest BCUT2D eigenvalue weighted by atomic mass is 10.0. The third kappa shape index (κ3) is 4.29. The molecule has 0 radical (unpaired) electrons. The Hall–Kier alpha value is -0.930. The van der Waals surface area contributed by atoms with E-state index < -0.39 is 0 Å². The highest BCUT2D eigenvalue weighted by molar-refractivity contribution is 5.21. The molecule has 1 aliphatic carbocycles. The molecule has 1 aromatic carbocycles. The van der Waals surface area contributed by atoms with Crippen molar-refractivity contribution >= 4 is 0 Å². The Morgan fingerprint density at radius 3 is 2.55 bits per heavy atom. The van der Waals surface area contributed by atoms with Gasteiger partial charge in [-0.25, -0.2) is 4.39 Å². The van der Waals surface area contributed by atoms with E-state index in [4.69, 9.17) is 0 Å². The number of rotatable bonds is 8. The minimum atomic E-state index is -0.105. The number of nitrogens with zero attached hydrogens (tertiary/aromatic N) is 1.